The number of benzene rings is 1. The summed E-state index contributed by atoms with van der Waals surface area (Å²) >= 11 is 0. The average Bonchev–Trinajstić information content (AvgIpc) is 3.32. The van der Waals surface area contributed by atoms with Crippen LogP contribution in [0.15, 0.2) is 18.2 Å². The molecule has 3 rings (SSSR count). The van der Waals surface area contributed by atoms with Crippen molar-refractivity contribution < 1.29 is 8.78 Å². The lowest BCUT2D eigenvalue weighted by molar-refractivity contribution is 0.152. The predicted molar refractivity (Wildman–Crippen MR) is 80.1 cm³/mol. The maximum absolute atomic E-state index is 13.3. The molecular weight excluding hydrogens is 270 g/mol. The van der Waals surface area contributed by atoms with Gasteiger partial charge in [-0.2, -0.15) is 0 Å². The van der Waals surface area contributed by atoms with E-state index in [1.54, 1.807) is 6.07 Å². The first-order valence-electron chi connectivity index (χ1n) is 8.06. The van der Waals surface area contributed by atoms with Crippen molar-refractivity contribution in [2.75, 3.05) is 19.6 Å². The van der Waals surface area contributed by atoms with Gasteiger partial charge in [0.05, 0.1) is 0 Å². The minimum atomic E-state index is -0.770. The van der Waals surface area contributed by atoms with Gasteiger partial charge in [0.2, 0.25) is 0 Å². The SMILES string of the molecule is CC(c1ccc(F)c(F)c1)N1CCC(NCC2CC2)CC1. The molecule has 1 aliphatic heterocycles. The number of likely N-dealkylation sites (tertiary alicyclic amines) is 1. The van der Waals surface area contributed by atoms with Gasteiger partial charge in [-0.1, -0.05) is 6.07 Å². The van der Waals surface area contributed by atoms with Gasteiger partial charge in [0.1, 0.15) is 0 Å². The van der Waals surface area contributed by atoms with Crippen molar-refractivity contribution in [1.82, 2.24) is 10.2 Å². The second kappa shape index (κ2) is 6.41. The molecule has 2 nitrogen and oxygen atoms in total. The average molecular weight is 294 g/mol. The van der Waals surface area contributed by atoms with Crippen LogP contribution in [-0.4, -0.2) is 30.6 Å². The van der Waals surface area contributed by atoms with E-state index in [9.17, 15) is 8.78 Å². The zero-order valence-corrected chi connectivity index (χ0v) is 12.6. The highest BCUT2D eigenvalue weighted by Crippen LogP contribution is 2.29. The molecule has 2 aliphatic rings. The highest BCUT2D eigenvalue weighted by atomic mass is 19.2. The fourth-order valence-electron chi connectivity index (χ4n) is 3.13. The molecule has 1 saturated carbocycles. The summed E-state index contributed by atoms with van der Waals surface area (Å²) in [5, 5.41) is 3.66. The van der Waals surface area contributed by atoms with E-state index in [1.165, 1.54) is 31.5 Å². The van der Waals surface area contributed by atoms with Crippen molar-refractivity contribution in [3.63, 3.8) is 0 Å². The van der Waals surface area contributed by atoms with Crippen molar-refractivity contribution in [2.24, 2.45) is 5.92 Å². The van der Waals surface area contributed by atoms with Crippen LogP contribution in [0, 0.1) is 17.6 Å². The van der Waals surface area contributed by atoms with E-state index >= 15 is 0 Å². The number of rotatable bonds is 5. The Balaban J connectivity index is 1.51. The van der Waals surface area contributed by atoms with Gasteiger partial charge in [-0.05, 0) is 62.8 Å². The minimum Gasteiger partial charge on any atom is -0.314 e. The summed E-state index contributed by atoms with van der Waals surface area (Å²) in [7, 11) is 0. The molecule has 0 amide bonds. The van der Waals surface area contributed by atoms with Crippen molar-refractivity contribution in [1.29, 1.82) is 0 Å². The predicted octanol–water partition coefficient (Wildman–Crippen LogP) is 3.49. The molecule has 0 aromatic heterocycles. The molecule has 1 aromatic rings. The van der Waals surface area contributed by atoms with Crippen LogP contribution >= 0.6 is 0 Å². The number of piperidine rings is 1. The van der Waals surface area contributed by atoms with Crippen LogP contribution in [0.3, 0.4) is 0 Å². The molecule has 0 spiro atoms. The standard InChI is InChI=1S/C17H24F2N2/c1-12(14-4-5-16(18)17(19)10-14)21-8-6-15(7-9-21)20-11-13-2-3-13/h4-5,10,12-13,15,20H,2-3,6-9,11H2,1H3. The van der Waals surface area contributed by atoms with Gasteiger partial charge in [-0.15, -0.1) is 0 Å². The largest absolute Gasteiger partial charge is 0.314 e. The lowest BCUT2D eigenvalue weighted by Crippen LogP contribution is -2.43. The Hall–Kier alpha value is -1.00. The molecule has 0 bridgehead atoms. The Bertz CT molecular complexity index is 480. The van der Waals surface area contributed by atoms with Crippen LogP contribution in [0.25, 0.3) is 0 Å². The lowest BCUT2D eigenvalue weighted by atomic mass is 10.00. The fraction of sp³-hybridized carbons (Fsp3) is 0.647. The summed E-state index contributed by atoms with van der Waals surface area (Å²) in [6.07, 6.45) is 5.06. The van der Waals surface area contributed by atoms with Crippen LogP contribution in [0.4, 0.5) is 8.78 Å². The van der Waals surface area contributed by atoms with Crippen LogP contribution in [0.5, 0.6) is 0 Å². The normalized spacial score (nSPS) is 22.4. The molecule has 116 valence electrons. The van der Waals surface area contributed by atoms with Gasteiger partial charge in [-0.3, -0.25) is 4.90 Å². The number of halogens is 2. The second-order valence-corrected chi connectivity index (χ2v) is 6.51. The maximum atomic E-state index is 13.3. The monoisotopic (exact) mass is 294 g/mol. The van der Waals surface area contributed by atoms with E-state index in [2.05, 4.69) is 17.1 Å². The summed E-state index contributed by atoms with van der Waals surface area (Å²) < 4.78 is 26.4. The molecule has 1 atom stereocenters. The highest BCUT2D eigenvalue weighted by Gasteiger charge is 2.26. The maximum Gasteiger partial charge on any atom is 0.159 e. The van der Waals surface area contributed by atoms with Gasteiger partial charge >= 0.3 is 0 Å². The van der Waals surface area contributed by atoms with E-state index in [0.717, 1.165) is 37.4 Å². The van der Waals surface area contributed by atoms with Crippen molar-refractivity contribution >= 4 is 0 Å². The van der Waals surface area contributed by atoms with Gasteiger partial charge in [-0.25, -0.2) is 8.78 Å². The third-order valence-electron chi connectivity index (χ3n) is 4.90. The van der Waals surface area contributed by atoms with Gasteiger partial charge in [0, 0.05) is 25.2 Å². The third-order valence-corrected chi connectivity index (χ3v) is 4.90. The quantitative estimate of drug-likeness (QED) is 0.894. The molecule has 2 fully saturated rings. The zero-order chi connectivity index (χ0) is 14.8. The first-order chi connectivity index (χ1) is 10.1. The summed E-state index contributed by atoms with van der Waals surface area (Å²) in [4.78, 5) is 2.36. The highest BCUT2D eigenvalue weighted by molar-refractivity contribution is 5.21. The van der Waals surface area contributed by atoms with Gasteiger partial charge < -0.3 is 5.32 Å². The number of nitrogens with one attached hydrogen (secondary N) is 1. The summed E-state index contributed by atoms with van der Waals surface area (Å²) in [5.41, 5.74) is 0.860. The Morgan fingerprint density at radius 3 is 2.48 bits per heavy atom. The third kappa shape index (κ3) is 3.80. The summed E-state index contributed by atoms with van der Waals surface area (Å²) in [6.45, 7) is 5.28. The molecule has 1 saturated heterocycles. The molecule has 1 aliphatic carbocycles. The van der Waals surface area contributed by atoms with Crippen molar-refractivity contribution in [3.8, 4) is 0 Å². The van der Waals surface area contributed by atoms with E-state index in [1.807, 2.05) is 0 Å². The number of hydrogen-bond acceptors (Lipinski definition) is 2. The Morgan fingerprint density at radius 1 is 1.14 bits per heavy atom. The van der Waals surface area contributed by atoms with Crippen LogP contribution in [-0.2, 0) is 0 Å². The van der Waals surface area contributed by atoms with Crippen LogP contribution in [0.2, 0.25) is 0 Å². The van der Waals surface area contributed by atoms with Gasteiger partial charge in [0.15, 0.2) is 11.6 Å². The Kier molecular flexibility index (Phi) is 4.55. The van der Waals surface area contributed by atoms with Crippen molar-refractivity contribution in [3.05, 3.63) is 35.4 Å². The molecule has 0 radical (unpaired) electrons. The molecule has 1 unspecified atom stereocenters. The Morgan fingerprint density at radius 2 is 1.86 bits per heavy atom. The molecular formula is C17H24F2N2. The molecule has 4 heteroatoms. The van der Waals surface area contributed by atoms with Gasteiger partial charge in [0.25, 0.3) is 0 Å². The van der Waals surface area contributed by atoms with Crippen molar-refractivity contribution in [2.45, 2.75) is 44.7 Å². The summed E-state index contributed by atoms with van der Waals surface area (Å²) in [6, 6.07) is 5.02. The minimum absolute atomic E-state index is 0.143. The number of hydrogen-bond donors (Lipinski definition) is 1. The zero-order valence-electron chi connectivity index (χ0n) is 12.6. The molecule has 21 heavy (non-hydrogen) atoms. The Labute approximate surface area is 125 Å². The van der Waals surface area contributed by atoms with E-state index < -0.39 is 11.6 Å². The topological polar surface area (TPSA) is 15.3 Å². The fourth-order valence-corrected chi connectivity index (χ4v) is 3.13. The summed E-state index contributed by atoms with van der Waals surface area (Å²) in [5.74, 6) is -0.599. The van der Waals surface area contributed by atoms with E-state index in [-0.39, 0.29) is 6.04 Å². The number of nitrogens with zero attached hydrogens (tertiary/aromatic N) is 1. The lowest BCUT2D eigenvalue weighted by Gasteiger charge is -2.36. The first-order valence-corrected chi connectivity index (χ1v) is 8.06. The smallest absolute Gasteiger partial charge is 0.159 e. The molecule has 1 N–H and O–H groups in total. The van der Waals surface area contributed by atoms with Crippen LogP contribution in [0.1, 0.15) is 44.2 Å². The molecule has 1 heterocycles. The molecule has 1 aromatic carbocycles. The second-order valence-electron chi connectivity index (χ2n) is 6.51. The van der Waals surface area contributed by atoms with Crippen LogP contribution < -0.4 is 5.32 Å². The van der Waals surface area contributed by atoms with E-state index in [4.69, 9.17) is 0 Å². The van der Waals surface area contributed by atoms with E-state index in [0.29, 0.717) is 6.04 Å². The first kappa shape index (κ1) is 14.9.